The van der Waals surface area contributed by atoms with E-state index in [2.05, 4.69) is 12.2 Å². The molecule has 160 valence electrons. The number of carbonyl (C=O) groups is 2. The molecule has 2 heterocycles. The highest BCUT2D eigenvalue weighted by molar-refractivity contribution is 6.10. The summed E-state index contributed by atoms with van der Waals surface area (Å²) in [4.78, 5) is 28.8. The molecule has 0 spiro atoms. The Balaban J connectivity index is 1.65. The normalized spacial score (nSPS) is 22.8. The van der Waals surface area contributed by atoms with Crippen LogP contribution in [0.25, 0.3) is 5.57 Å². The van der Waals surface area contributed by atoms with E-state index in [1.54, 1.807) is 11.8 Å². The fourth-order valence-corrected chi connectivity index (χ4v) is 4.21. The topological polar surface area (TPSA) is 85.7 Å². The zero-order chi connectivity index (χ0) is 21.5. The Labute approximate surface area is 177 Å². The Morgan fingerprint density at radius 2 is 2.03 bits per heavy atom. The van der Waals surface area contributed by atoms with Gasteiger partial charge in [-0.3, -0.25) is 9.59 Å². The number of hydrogen-bond donors (Lipinski definition) is 2. The predicted molar refractivity (Wildman–Crippen MR) is 118 cm³/mol. The van der Waals surface area contributed by atoms with Crippen molar-refractivity contribution in [2.45, 2.75) is 39.7 Å². The van der Waals surface area contributed by atoms with Crippen molar-refractivity contribution < 1.29 is 14.3 Å². The average molecular weight is 411 g/mol. The second kappa shape index (κ2) is 7.87. The Bertz CT molecular complexity index is 902. The number of fused-ring (bicyclic) bond motifs is 1. The number of hydrogen-bond acceptors (Lipinski definition) is 5. The SMILES string of the molecule is CC(=O)N1c2ccc(/C(C=N)=C/NCC3(C)COC3)cc2N(C(=O)C2CC2)CC1C. The van der Waals surface area contributed by atoms with Gasteiger partial charge in [-0.25, -0.2) is 0 Å². The van der Waals surface area contributed by atoms with E-state index in [0.29, 0.717) is 6.54 Å². The number of carbonyl (C=O) groups excluding carboxylic acids is 2. The molecular weight excluding hydrogens is 380 g/mol. The summed E-state index contributed by atoms with van der Waals surface area (Å²) in [6.45, 7) is 8.45. The third-order valence-electron chi connectivity index (χ3n) is 6.12. The molecule has 0 aromatic heterocycles. The van der Waals surface area contributed by atoms with Crippen LogP contribution in [0.4, 0.5) is 11.4 Å². The Morgan fingerprint density at radius 3 is 2.60 bits per heavy atom. The summed E-state index contributed by atoms with van der Waals surface area (Å²) in [6, 6.07) is 5.67. The molecule has 1 aromatic rings. The van der Waals surface area contributed by atoms with Gasteiger partial charge in [0.05, 0.1) is 30.6 Å². The van der Waals surface area contributed by atoms with E-state index in [0.717, 1.165) is 55.1 Å². The van der Waals surface area contributed by atoms with Crippen LogP contribution in [-0.4, -0.2) is 50.4 Å². The number of amides is 2. The van der Waals surface area contributed by atoms with Crippen molar-refractivity contribution in [1.82, 2.24) is 5.32 Å². The van der Waals surface area contributed by atoms with Gasteiger partial charge >= 0.3 is 0 Å². The second-order valence-corrected chi connectivity index (χ2v) is 9.09. The number of nitrogens with one attached hydrogen (secondary N) is 2. The molecule has 2 N–H and O–H groups in total. The Hall–Kier alpha value is -2.67. The van der Waals surface area contributed by atoms with E-state index in [1.807, 2.05) is 36.2 Å². The summed E-state index contributed by atoms with van der Waals surface area (Å²) in [5.41, 5.74) is 3.22. The number of nitrogens with zero attached hydrogens (tertiary/aromatic N) is 2. The summed E-state index contributed by atoms with van der Waals surface area (Å²) in [6.07, 6.45) is 5.04. The average Bonchev–Trinajstić information content (AvgIpc) is 3.53. The van der Waals surface area contributed by atoms with Gasteiger partial charge in [-0.15, -0.1) is 0 Å². The van der Waals surface area contributed by atoms with Crippen molar-refractivity contribution in [3.05, 3.63) is 30.0 Å². The molecule has 2 aliphatic heterocycles. The smallest absolute Gasteiger partial charge is 0.230 e. The number of benzene rings is 1. The number of allylic oxidation sites excluding steroid dienone is 1. The molecule has 1 unspecified atom stereocenters. The van der Waals surface area contributed by atoms with Gasteiger partial charge in [-0.2, -0.15) is 0 Å². The molecule has 4 rings (SSSR count). The molecular formula is C23H30N4O3. The summed E-state index contributed by atoms with van der Waals surface area (Å²) >= 11 is 0. The van der Waals surface area contributed by atoms with Gasteiger partial charge in [0.15, 0.2) is 0 Å². The highest BCUT2D eigenvalue weighted by Crippen LogP contribution is 2.41. The van der Waals surface area contributed by atoms with Crippen molar-refractivity contribution in [3.8, 4) is 0 Å². The van der Waals surface area contributed by atoms with Crippen LogP contribution < -0.4 is 15.1 Å². The van der Waals surface area contributed by atoms with Crippen molar-refractivity contribution in [2.24, 2.45) is 11.3 Å². The van der Waals surface area contributed by atoms with Crippen LogP contribution >= 0.6 is 0 Å². The van der Waals surface area contributed by atoms with E-state index in [1.165, 1.54) is 6.21 Å². The number of ether oxygens (including phenoxy) is 1. The summed E-state index contributed by atoms with van der Waals surface area (Å²) in [5, 5.41) is 11.2. The minimum Gasteiger partial charge on any atom is -0.390 e. The van der Waals surface area contributed by atoms with Gasteiger partial charge in [0.1, 0.15) is 0 Å². The molecule has 3 aliphatic rings. The molecule has 7 nitrogen and oxygen atoms in total. The van der Waals surface area contributed by atoms with E-state index in [4.69, 9.17) is 10.1 Å². The summed E-state index contributed by atoms with van der Waals surface area (Å²) in [5.74, 6) is 0.206. The molecule has 0 bridgehead atoms. The van der Waals surface area contributed by atoms with E-state index in [-0.39, 0.29) is 29.2 Å². The highest BCUT2D eigenvalue weighted by Gasteiger charge is 2.39. The molecule has 1 saturated carbocycles. The summed E-state index contributed by atoms with van der Waals surface area (Å²) in [7, 11) is 0. The van der Waals surface area contributed by atoms with Crippen LogP contribution in [0.5, 0.6) is 0 Å². The first kappa shape index (κ1) is 20.6. The third kappa shape index (κ3) is 3.86. The highest BCUT2D eigenvalue weighted by atomic mass is 16.5. The van der Waals surface area contributed by atoms with Gasteiger partial charge in [0.25, 0.3) is 0 Å². The minimum absolute atomic E-state index is 0.0320. The second-order valence-electron chi connectivity index (χ2n) is 9.09. The van der Waals surface area contributed by atoms with Crippen LogP contribution in [-0.2, 0) is 14.3 Å². The molecule has 30 heavy (non-hydrogen) atoms. The van der Waals surface area contributed by atoms with Crippen molar-refractivity contribution >= 4 is 35.0 Å². The van der Waals surface area contributed by atoms with Gasteiger partial charge < -0.3 is 25.3 Å². The number of anilines is 2. The van der Waals surface area contributed by atoms with Crippen LogP contribution in [0.2, 0.25) is 0 Å². The van der Waals surface area contributed by atoms with Crippen molar-refractivity contribution in [1.29, 1.82) is 5.41 Å². The maximum absolute atomic E-state index is 13.0. The van der Waals surface area contributed by atoms with E-state index in [9.17, 15) is 9.59 Å². The molecule has 1 aromatic carbocycles. The molecule has 2 fully saturated rings. The van der Waals surface area contributed by atoms with Gasteiger partial charge in [-0.1, -0.05) is 13.0 Å². The molecule has 1 atom stereocenters. The molecule has 2 amide bonds. The largest absolute Gasteiger partial charge is 0.390 e. The fraction of sp³-hybridized carbons (Fsp3) is 0.522. The molecule has 1 saturated heterocycles. The first-order chi connectivity index (χ1) is 14.3. The predicted octanol–water partition coefficient (Wildman–Crippen LogP) is 2.80. The van der Waals surface area contributed by atoms with E-state index >= 15 is 0 Å². The minimum atomic E-state index is -0.0755. The first-order valence-corrected chi connectivity index (χ1v) is 10.6. The van der Waals surface area contributed by atoms with Crippen LogP contribution in [0, 0.1) is 16.7 Å². The zero-order valence-corrected chi connectivity index (χ0v) is 17.9. The third-order valence-corrected chi connectivity index (χ3v) is 6.12. The van der Waals surface area contributed by atoms with Gasteiger partial charge in [0, 0.05) is 49.3 Å². The fourth-order valence-electron chi connectivity index (χ4n) is 4.21. The lowest BCUT2D eigenvalue weighted by atomic mass is 9.89. The molecule has 1 aliphatic carbocycles. The maximum atomic E-state index is 13.0. The first-order valence-electron chi connectivity index (χ1n) is 10.6. The van der Waals surface area contributed by atoms with Gasteiger partial charge in [-0.05, 0) is 37.5 Å². The van der Waals surface area contributed by atoms with Crippen LogP contribution in [0.1, 0.15) is 39.2 Å². The number of rotatable bonds is 6. The van der Waals surface area contributed by atoms with Crippen molar-refractivity contribution in [2.75, 3.05) is 36.1 Å². The quantitative estimate of drug-likeness (QED) is 0.706. The summed E-state index contributed by atoms with van der Waals surface area (Å²) < 4.78 is 5.29. The molecule has 0 radical (unpaired) electrons. The Kier molecular flexibility index (Phi) is 5.40. The van der Waals surface area contributed by atoms with Crippen LogP contribution in [0.3, 0.4) is 0 Å². The van der Waals surface area contributed by atoms with E-state index < -0.39 is 0 Å². The van der Waals surface area contributed by atoms with Gasteiger partial charge in [0.2, 0.25) is 11.8 Å². The molecule has 7 heteroatoms. The van der Waals surface area contributed by atoms with Crippen molar-refractivity contribution in [3.63, 3.8) is 0 Å². The Morgan fingerprint density at radius 1 is 1.30 bits per heavy atom. The maximum Gasteiger partial charge on any atom is 0.230 e. The lowest BCUT2D eigenvalue weighted by Gasteiger charge is -2.41. The monoisotopic (exact) mass is 410 g/mol. The lowest BCUT2D eigenvalue weighted by Crippen LogP contribution is -2.51. The standard InChI is InChI=1S/C23H30N4O3/c1-15-11-26(22(29)17-4-5-17)21-8-18(6-7-20(21)27(15)16(2)28)19(9-24)10-25-12-23(3)13-30-14-23/h6-10,15,17,24-25H,4-5,11-14H2,1-3H3/b19-10+,24-9?. The lowest BCUT2D eigenvalue weighted by molar-refractivity contribution is -0.120. The van der Waals surface area contributed by atoms with Crippen LogP contribution in [0.15, 0.2) is 24.4 Å². The zero-order valence-electron chi connectivity index (χ0n) is 17.9.